The van der Waals surface area contributed by atoms with Crippen LogP contribution < -0.4 is 16.0 Å². The molecule has 0 atom stereocenters. The number of benzene rings is 2. The van der Waals surface area contributed by atoms with Gasteiger partial charge in [0.25, 0.3) is 0 Å². The minimum atomic E-state index is -0.122. The number of pyridine rings is 1. The van der Waals surface area contributed by atoms with E-state index in [4.69, 9.17) is 28.9 Å². The minimum absolute atomic E-state index is 0.122. The Kier molecular flexibility index (Phi) is 5.93. The normalized spacial score (nSPS) is 14.6. The molecule has 9 heteroatoms. The molecule has 0 unspecified atom stereocenters. The number of fused-ring (bicyclic) bond motifs is 1. The lowest BCUT2D eigenvalue weighted by molar-refractivity contribution is 0.476. The van der Waals surface area contributed by atoms with Gasteiger partial charge in [-0.3, -0.25) is 4.98 Å². The van der Waals surface area contributed by atoms with Crippen molar-refractivity contribution < 1.29 is 5.11 Å². The second-order valence-electron chi connectivity index (χ2n) is 8.10. The van der Waals surface area contributed by atoms with E-state index < -0.39 is 0 Å². The Morgan fingerprint density at radius 1 is 0.939 bits per heavy atom. The van der Waals surface area contributed by atoms with E-state index in [2.05, 4.69) is 25.2 Å². The van der Waals surface area contributed by atoms with Gasteiger partial charge >= 0.3 is 0 Å². The Hall–Kier alpha value is -3.13. The number of hydrogen-bond acceptors (Lipinski definition) is 7. The predicted octanol–water partition coefficient (Wildman–Crippen LogP) is 5.38. The lowest BCUT2D eigenvalue weighted by Crippen LogP contribution is -2.40. The molecule has 5 rings (SSSR count). The van der Waals surface area contributed by atoms with Crippen molar-refractivity contribution in [2.45, 2.75) is 18.9 Å². The maximum Gasteiger partial charge on any atom is 0.225 e. The van der Waals surface area contributed by atoms with Crippen LogP contribution in [-0.4, -0.2) is 39.2 Å². The minimum Gasteiger partial charge on any atom is -0.505 e. The molecule has 0 amide bonds. The number of aromatic nitrogens is 3. The first-order valence-corrected chi connectivity index (χ1v) is 11.4. The maximum absolute atomic E-state index is 9.87. The summed E-state index contributed by atoms with van der Waals surface area (Å²) in [4.78, 5) is 15.7. The molecule has 168 valence electrons. The van der Waals surface area contributed by atoms with Crippen molar-refractivity contribution in [2.75, 3.05) is 23.3 Å². The third kappa shape index (κ3) is 4.53. The van der Waals surface area contributed by atoms with Gasteiger partial charge in [0.05, 0.1) is 33.6 Å². The van der Waals surface area contributed by atoms with Gasteiger partial charge in [-0.25, -0.2) is 9.97 Å². The number of phenolic OH excluding ortho intramolecular Hbond substituents is 1. The van der Waals surface area contributed by atoms with Crippen LogP contribution in [0.2, 0.25) is 10.0 Å². The molecule has 7 nitrogen and oxygen atoms in total. The van der Waals surface area contributed by atoms with Gasteiger partial charge in [-0.15, -0.1) is 0 Å². The van der Waals surface area contributed by atoms with Gasteiger partial charge in [-0.1, -0.05) is 29.3 Å². The van der Waals surface area contributed by atoms with Crippen molar-refractivity contribution in [3.8, 4) is 16.9 Å². The van der Waals surface area contributed by atoms with Crippen LogP contribution in [0.15, 0.2) is 55.0 Å². The first-order valence-electron chi connectivity index (χ1n) is 10.6. The fraction of sp³-hybridized carbons (Fsp3) is 0.208. The van der Waals surface area contributed by atoms with Crippen molar-refractivity contribution in [1.29, 1.82) is 0 Å². The maximum atomic E-state index is 9.87. The van der Waals surface area contributed by atoms with E-state index in [0.29, 0.717) is 0 Å². The zero-order chi connectivity index (χ0) is 22.9. The van der Waals surface area contributed by atoms with Crippen molar-refractivity contribution in [3.63, 3.8) is 0 Å². The Labute approximate surface area is 201 Å². The van der Waals surface area contributed by atoms with Crippen LogP contribution in [0.3, 0.4) is 0 Å². The van der Waals surface area contributed by atoms with Crippen molar-refractivity contribution in [1.82, 2.24) is 15.0 Å². The molecule has 0 aliphatic carbocycles. The molecule has 1 fully saturated rings. The third-order valence-electron chi connectivity index (χ3n) is 5.83. The van der Waals surface area contributed by atoms with Crippen LogP contribution in [-0.2, 0) is 0 Å². The molecule has 0 radical (unpaired) electrons. The summed E-state index contributed by atoms with van der Waals surface area (Å²) < 4.78 is 0. The highest BCUT2D eigenvalue weighted by Crippen LogP contribution is 2.37. The van der Waals surface area contributed by atoms with Crippen LogP contribution in [0.5, 0.6) is 5.75 Å². The zero-order valence-corrected chi connectivity index (χ0v) is 19.2. The van der Waals surface area contributed by atoms with Crippen LogP contribution >= 0.6 is 23.2 Å². The zero-order valence-electron chi connectivity index (χ0n) is 17.7. The second kappa shape index (κ2) is 9.02. The van der Waals surface area contributed by atoms with E-state index >= 15 is 0 Å². The summed E-state index contributed by atoms with van der Waals surface area (Å²) in [6, 6.07) is 11.4. The number of piperidine rings is 1. The van der Waals surface area contributed by atoms with Crippen molar-refractivity contribution in [2.24, 2.45) is 5.73 Å². The highest BCUT2D eigenvalue weighted by atomic mass is 35.5. The molecule has 0 saturated carbocycles. The van der Waals surface area contributed by atoms with E-state index in [0.717, 1.165) is 65.3 Å². The summed E-state index contributed by atoms with van der Waals surface area (Å²) in [6.45, 7) is 1.74. The molecule has 0 bridgehead atoms. The van der Waals surface area contributed by atoms with E-state index in [1.807, 2.05) is 24.3 Å². The molecular formula is C24H22Cl2N6O. The van der Waals surface area contributed by atoms with E-state index in [-0.39, 0.29) is 21.8 Å². The van der Waals surface area contributed by atoms with Gasteiger partial charge in [0, 0.05) is 36.4 Å². The molecule has 1 aliphatic rings. The summed E-state index contributed by atoms with van der Waals surface area (Å²) in [5.74, 6) is 0.596. The lowest BCUT2D eigenvalue weighted by Gasteiger charge is -2.30. The van der Waals surface area contributed by atoms with Gasteiger partial charge in [0.1, 0.15) is 0 Å². The number of nitrogens with zero attached hydrogens (tertiary/aromatic N) is 4. The number of rotatable bonds is 4. The molecule has 4 N–H and O–H groups in total. The standard InChI is InChI=1S/C24H22Cl2N6O/c25-19-10-15(11-20(26)23(19)33)14-1-2-21-18(9-14)22(3-6-28-21)31-17-12-29-24(30-13-17)32-7-4-16(27)5-8-32/h1-3,6,9-13,16,33H,4-5,7-8,27H2,(H,28,31). The Morgan fingerprint density at radius 2 is 1.64 bits per heavy atom. The van der Waals surface area contributed by atoms with Gasteiger partial charge in [-0.05, 0) is 54.3 Å². The van der Waals surface area contributed by atoms with Gasteiger partial charge < -0.3 is 21.1 Å². The molecule has 2 aromatic carbocycles. The summed E-state index contributed by atoms with van der Waals surface area (Å²) in [5, 5.41) is 14.6. The molecule has 0 spiro atoms. The first-order chi connectivity index (χ1) is 16.0. The summed E-state index contributed by atoms with van der Waals surface area (Å²) in [7, 11) is 0. The van der Waals surface area contributed by atoms with Crippen LogP contribution in [0, 0.1) is 0 Å². The molecule has 3 heterocycles. The summed E-state index contributed by atoms with van der Waals surface area (Å²) in [5.41, 5.74) is 10.2. The fourth-order valence-corrected chi connectivity index (χ4v) is 4.46. The highest BCUT2D eigenvalue weighted by molar-refractivity contribution is 6.37. The summed E-state index contributed by atoms with van der Waals surface area (Å²) >= 11 is 12.2. The van der Waals surface area contributed by atoms with E-state index in [9.17, 15) is 5.11 Å². The number of halogens is 2. The number of nitrogens with two attached hydrogens (primary N) is 1. The fourth-order valence-electron chi connectivity index (χ4n) is 3.97. The number of aromatic hydroxyl groups is 1. The third-order valence-corrected chi connectivity index (χ3v) is 6.41. The quantitative estimate of drug-likeness (QED) is 0.360. The van der Waals surface area contributed by atoms with Gasteiger partial charge in [0.2, 0.25) is 5.95 Å². The van der Waals surface area contributed by atoms with E-state index in [1.165, 1.54) is 0 Å². The second-order valence-corrected chi connectivity index (χ2v) is 8.91. The Balaban J connectivity index is 1.43. The van der Waals surface area contributed by atoms with Crippen LogP contribution in [0.1, 0.15) is 12.8 Å². The highest BCUT2D eigenvalue weighted by Gasteiger charge is 2.18. The monoisotopic (exact) mass is 480 g/mol. The molecule has 1 aliphatic heterocycles. The predicted molar refractivity (Wildman–Crippen MR) is 134 cm³/mol. The average molecular weight is 481 g/mol. The van der Waals surface area contributed by atoms with Gasteiger partial charge in [0.15, 0.2) is 5.75 Å². The topological polar surface area (TPSA) is 100 Å². The molecule has 4 aromatic rings. The SMILES string of the molecule is NC1CCN(c2ncc(Nc3ccnc4ccc(-c5cc(Cl)c(O)c(Cl)c5)cc34)cn2)CC1. The van der Waals surface area contributed by atoms with Gasteiger partial charge in [-0.2, -0.15) is 0 Å². The molecule has 1 saturated heterocycles. The van der Waals surface area contributed by atoms with Crippen molar-refractivity contribution >= 4 is 51.4 Å². The lowest BCUT2D eigenvalue weighted by atomic mass is 10.0. The number of anilines is 3. The van der Waals surface area contributed by atoms with Crippen LogP contribution in [0.25, 0.3) is 22.0 Å². The first kappa shape index (κ1) is 21.7. The van der Waals surface area contributed by atoms with E-state index in [1.54, 1.807) is 30.7 Å². The summed E-state index contributed by atoms with van der Waals surface area (Å²) in [6.07, 6.45) is 7.22. The van der Waals surface area contributed by atoms with Crippen molar-refractivity contribution in [3.05, 3.63) is 65.0 Å². The Morgan fingerprint density at radius 3 is 2.33 bits per heavy atom. The number of nitrogens with one attached hydrogen (secondary N) is 1. The molecule has 33 heavy (non-hydrogen) atoms. The average Bonchev–Trinajstić information content (AvgIpc) is 2.83. The van der Waals surface area contributed by atoms with Crippen LogP contribution in [0.4, 0.5) is 17.3 Å². The smallest absolute Gasteiger partial charge is 0.225 e. The number of hydrogen-bond donors (Lipinski definition) is 3. The molecular weight excluding hydrogens is 459 g/mol. The Bertz CT molecular complexity index is 1280. The largest absolute Gasteiger partial charge is 0.505 e. The molecule has 2 aromatic heterocycles. The number of phenols is 1.